The summed E-state index contributed by atoms with van der Waals surface area (Å²) in [4.78, 5) is 23.1. The number of aliphatic imine (C=N–C) groups is 1. The Labute approximate surface area is 212 Å². The number of benzene rings is 1. The second-order valence-corrected chi connectivity index (χ2v) is 10.0. The molecule has 1 aromatic heterocycles. The average Bonchev–Trinajstić information content (AvgIpc) is 3.58. The number of amidine groups is 1. The van der Waals surface area contributed by atoms with Crippen molar-refractivity contribution in [1.29, 1.82) is 5.26 Å². The summed E-state index contributed by atoms with van der Waals surface area (Å²) in [5.41, 5.74) is 5.77. The van der Waals surface area contributed by atoms with Gasteiger partial charge in [0, 0.05) is 30.1 Å². The lowest BCUT2D eigenvalue weighted by Crippen LogP contribution is -2.34. The molecule has 1 saturated carbocycles. The highest BCUT2D eigenvalue weighted by atomic mass is 32.2. The van der Waals surface area contributed by atoms with Gasteiger partial charge in [-0.05, 0) is 61.9 Å². The van der Waals surface area contributed by atoms with E-state index in [1.807, 2.05) is 6.07 Å². The molecule has 2 aliphatic rings. The number of carbonyl (C=O) groups is 1. The van der Waals surface area contributed by atoms with E-state index in [1.165, 1.54) is 59.3 Å². The highest BCUT2D eigenvalue weighted by Gasteiger charge is 2.56. The van der Waals surface area contributed by atoms with Crippen LogP contribution in [0.2, 0.25) is 0 Å². The fraction of sp³-hybridized carbons (Fsp3) is 0.385. The van der Waals surface area contributed by atoms with E-state index in [1.54, 1.807) is 13.2 Å². The third-order valence-electron chi connectivity index (χ3n) is 6.79. The van der Waals surface area contributed by atoms with Crippen LogP contribution in [-0.4, -0.2) is 46.5 Å². The van der Waals surface area contributed by atoms with Gasteiger partial charge < -0.3 is 10.6 Å². The first-order chi connectivity index (χ1) is 17.2. The Balaban J connectivity index is 1.67. The number of nitrogens with two attached hydrogens (primary N) is 1. The van der Waals surface area contributed by atoms with Crippen LogP contribution in [0, 0.1) is 29.0 Å². The van der Waals surface area contributed by atoms with Crippen LogP contribution in [0.4, 0.5) is 13.2 Å². The zero-order chi connectivity index (χ0) is 26.0. The fourth-order valence-electron chi connectivity index (χ4n) is 4.70. The molecule has 1 aliphatic carbocycles. The summed E-state index contributed by atoms with van der Waals surface area (Å²) in [6.45, 7) is 2.17. The molecule has 36 heavy (non-hydrogen) atoms. The van der Waals surface area contributed by atoms with Crippen molar-refractivity contribution in [1.82, 2.24) is 9.88 Å². The first-order valence-corrected chi connectivity index (χ1v) is 12.7. The summed E-state index contributed by atoms with van der Waals surface area (Å²) in [6, 6.07) is 8.95. The van der Waals surface area contributed by atoms with Crippen LogP contribution in [0.3, 0.4) is 0 Å². The maximum Gasteiger partial charge on any atom is 0.226 e. The Hall–Kier alpha value is -3.32. The molecule has 0 bridgehead atoms. The number of likely N-dealkylation sites (tertiary alicyclic amines) is 1. The van der Waals surface area contributed by atoms with E-state index in [0.29, 0.717) is 30.5 Å². The maximum absolute atomic E-state index is 15.2. The van der Waals surface area contributed by atoms with E-state index in [4.69, 9.17) is 11.0 Å². The third-order valence-corrected chi connectivity index (χ3v) is 7.30. The van der Waals surface area contributed by atoms with Gasteiger partial charge in [0.15, 0.2) is 5.17 Å². The molecule has 1 saturated heterocycles. The molecular formula is C26H26F3N5OS. The highest BCUT2D eigenvalue weighted by Crippen LogP contribution is 2.55. The topological polar surface area (TPSA) is 95.4 Å². The predicted molar refractivity (Wildman–Crippen MR) is 135 cm³/mol. The third kappa shape index (κ3) is 5.26. The second kappa shape index (κ2) is 10.3. The van der Waals surface area contributed by atoms with Crippen LogP contribution in [-0.2, 0) is 10.3 Å². The number of nitriles is 1. The van der Waals surface area contributed by atoms with E-state index in [2.05, 4.69) is 9.98 Å². The van der Waals surface area contributed by atoms with Gasteiger partial charge in [0.2, 0.25) is 5.91 Å². The minimum atomic E-state index is -1.18. The van der Waals surface area contributed by atoms with Gasteiger partial charge in [-0.1, -0.05) is 17.8 Å². The number of nitrogens with zero attached hydrogens (tertiary/aromatic N) is 4. The van der Waals surface area contributed by atoms with Crippen LogP contribution in [0.5, 0.6) is 0 Å². The molecule has 1 aliphatic heterocycles. The van der Waals surface area contributed by atoms with Gasteiger partial charge in [-0.3, -0.25) is 14.8 Å². The van der Waals surface area contributed by atoms with Crippen molar-refractivity contribution in [3.8, 4) is 6.07 Å². The lowest BCUT2D eigenvalue weighted by Gasteiger charge is -2.28. The van der Waals surface area contributed by atoms with Crippen LogP contribution >= 0.6 is 11.8 Å². The number of halogens is 3. The van der Waals surface area contributed by atoms with Crippen molar-refractivity contribution in [2.24, 2.45) is 22.6 Å². The molecule has 2 fully saturated rings. The summed E-state index contributed by atoms with van der Waals surface area (Å²) in [6.07, 6.45) is 4.00. The molecule has 1 aromatic carbocycles. The predicted octanol–water partition coefficient (Wildman–Crippen LogP) is 4.66. The molecule has 2 N–H and O–H groups in total. The standard InChI is InChI=1S/C26H26F3N5OS/c1-26(33-25(31)36-2,19-11-18(19)24(35)34-8-7-17(27)14-34)20-9-15(3-5-21(20)28)10-22(29)23-6-4-16(12-30)13-32-23/h3-6,9-10,13,17-19H,7-8,11,14H2,1-2H3,(H2,31,33)/b22-10-/t17-,18-,19-,26+/m1/s1. The van der Waals surface area contributed by atoms with E-state index in [-0.39, 0.29) is 34.8 Å². The number of hydrogen-bond donors (Lipinski definition) is 1. The SMILES string of the molecule is CS/C(N)=N\[C@](C)(c1cc(/C=C(\F)c2ccc(C#N)cn2)ccc1F)[C@@H]1C[C@H]1C(=O)N1CC[C@@H](F)C1. The van der Waals surface area contributed by atoms with Crippen LogP contribution in [0.15, 0.2) is 41.5 Å². The van der Waals surface area contributed by atoms with E-state index in [9.17, 15) is 13.6 Å². The number of thioether (sulfide) groups is 1. The summed E-state index contributed by atoms with van der Waals surface area (Å²) < 4.78 is 43.8. The average molecular weight is 514 g/mol. The van der Waals surface area contributed by atoms with E-state index >= 15 is 4.39 Å². The van der Waals surface area contributed by atoms with Gasteiger partial charge in [-0.25, -0.2) is 13.2 Å². The molecule has 2 aromatic rings. The van der Waals surface area contributed by atoms with E-state index in [0.717, 1.165) is 0 Å². The Morgan fingerprint density at radius 2 is 2.17 bits per heavy atom. The summed E-state index contributed by atoms with van der Waals surface area (Å²) in [7, 11) is 0. The number of pyridine rings is 1. The Kier molecular flexibility index (Phi) is 7.41. The first kappa shape index (κ1) is 25.8. The molecule has 2 heterocycles. The number of aromatic nitrogens is 1. The number of hydrogen-bond acceptors (Lipinski definition) is 5. The monoisotopic (exact) mass is 513 g/mol. The molecule has 0 unspecified atom stereocenters. The largest absolute Gasteiger partial charge is 0.379 e. The van der Waals surface area contributed by atoms with Crippen molar-refractivity contribution in [3.05, 3.63) is 64.7 Å². The number of rotatable bonds is 6. The Morgan fingerprint density at radius 1 is 1.39 bits per heavy atom. The number of amides is 1. The van der Waals surface area contributed by atoms with Gasteiger partial charge in [0.1, 0.15) is 23.9 Å². The zero-order valence-corrected chi connectivity index (χ0v) is 20.7. The maximum atomic E-state index is 15.2. The molecule has 4 rings (SSSR count). The van der Waals surface area contributed by atoms with Crippen molar-refractivity contribution in [2.75, 3.05) is 19.3 Å². The molecule has 0 radical (unpaired) electrons. The molecular weight excluding hydrogens is 487 g/mol. The molecule has 0 spiro atoms. The zero-order valence-electron chi connectivity index (χ0n) is 19.9. The lowest BCUT2D eigenvalue weighted by molar-refractivity contribution is -0.132. The summed E-state index contributed by atoms with van der Waals surface area (Å²) in [5.74, 6) is -2.11. The molecule has 10 heteroatoms. The number of alkyl halides is 1. The van der Waals surface area contributed by atoms with Crippen molar-refractivity contribution in [3.63, 3.8) is 0 Å². The van der Waals surface area contributed by atoms with Crippen molar-refractivity contribution >= 4 is 34.7 Å². The van der Waals surface area contributed by atoms with Gasteiger partial charge in [0.25, 0.3) is 0 Å². The smallest absolute Gasteiger partial charge is 0.226 e. The van der Waals surface area contributed by atoms with Crippen LogP contribution in [0.1, 0.15) is 42.1 Å². The molecule has 4 atom stereocenters. The van der Waals surface area contributed by atoms with Crippen LogP contribution in [0.25, 0.3) is 11.9 Å². The summed E-state index contributed by atoms with van der Waals surface area (Å²) >= 11 is 1.20. The van der Waals surface area contributed by atoms with Crippen LogP contribution < -0.4 is 5.73 Å². The quantitative estimate of drug-likeness (QED) is 0.448. The Bertz CT molecular complexity index is 1260. The van der Waals surface area contributed by atoms with Gasteiger partial charge in [-0.15, -0.1) is 0 Å². The Morgan fingerprint density at radius 3 is 2.78 bits per heavy atom. The van der Waals surface area contributed by atoms with Gasteiger partial charge >= 0.3 is 0 Å². The molecule has 188 valence electrons. The minimum absolute atomic E-state index is 0.0388. The van der Waals surface area contributed by atoms with Crippen molar-refractivity contribution in [2.45, 2.75) is 31.5 Å². The lowest BCUT2D eigenvalue weighted by atomic mass is 9.85. The molecule has 6 nitrogen and oxygen atoms in total. The van der Waals surface area contributed by atoms with Crippen molar-refractivity contribution < 1.29 is 18.0 Å². The summed E-state index contributed by atoms with van der Waals surface area (Å²) in [5, 5.41) is 9.13. The second-order valence-electron chi connectivity index (χ2n) is 9.20. The highest BCUT2D eigenvalue weighted by molar-refractivity contribution is 8.13. The first-order valence-electron chi connectivity index (χ1n) is 11.5. The normalized spacial score (nSPS) is 23.8. The van der Waals surface area contributed by atoms with Gasteiger partial charge in [-0.2, -0.15) is 5.26 Å². The van der Waals surface area contributed by atoms with Gasteiger partial charge in [0.05, 0.1) is 23.3 Å². The minimum Gasteiger partial charge on any atom is -0.379 e. The van der Waals surface area contributed by atoms with E-state index < -0.39 is 29.3 Å². The fourth-order valence-corrected chi connectivity index (χ4v) is 4.98. The number of carbonyl (C=O) groups excluding carboxylic acids is 1. The molecule has 1 amide bonds.